The van der Waals surface area contributed by atoms with Gasteiger partial charge in [-0.1, -0.05) is 24.3 Å². The maximum Gasteiger partial charge on any atom is 0.244 e. The minimum absolute atomic E-state index is 0.0596. The number of hydrogen-bond acceptors (Lipinski definition) is 3. The quantitative estimate of drug-likeness (QED) is 0.659. The van der Waals surface area contributed by atoms with Gasteiger partial charge in [0.15, 0.2) is 0 Å². The predicted octanol–water partition coefficient (Wildman–Crippen LogP) is 2.66. The van der Waals surface area contributed by atoms with Crippen molar-refractivity contribution in [2.24, 2.45) is 0 Å². The first kappa shape index (κ1) is 15.3. The molecule has 1 amide bonds. The van der Waals surface area contributed by atoms with Crippen LogP contribution in [0.4, 0.5) is 5.69 Å². The van der Waals surface area contributed by atoms with Crippen LogP contribution in [0.1, 0.15) is 17.5 Å². The molecular weight excluding hydrogens is 286 g/mol. The average molecular weight is 307 g/mol. The molecule has 1 aliphatic heterocycles. The van der Waals surface area contributed by atoms with Crippen LogP contribution in [-0.4, -0.2) is 30.5 Å². The van der Waals surface area contributed by atoms with E-state index in [0.29, 0.717) is 6.54 Å². The zero-order valence-corrected chi connectivity index (χ0v) is 13.1. The molecule has 0 radical (unpaired) electrons. The maximum atomic E-state index is 11.8. The number of pyridine rings is 1. The van der Waals surface area contributed by atoms with E-state index >= 15 is 0 Å². The van der Waals surface area contributed by atoms with E-state index in [-0.39, 0.29) is 5.91 Å². The number of anilines is 1. The number of para-hydroxylation sites is 1. The van der Waals surface area contributed by atoms with E-state index in [1.165, 1.54) is 11.3 Å². The van der Waals surface area contributed by atoms with E-state index in [9.17, 15) is 4.79 Å². The largest absolute Gasteiger partial charge is 0.371 e. The van der Waals surface area contributed by atoms with E-state index in [1.807, 2.05) is 12.1 Å². The highest BCUT2D eigenvalue weighted by Crippen LogP contribution is 2.27. The van der Waals surface area contributed by atoms with Crippen LogP contribution in [0.3, 0.4) is 0 Å². The Morgan fingerprint density at radius 2 is 2.17 bits per heavy atom. The highest BCUT2D eigenvalue weighted by Gasteiger charge is 2.17. The van der Waals surface area contributed by atoms with Gasteiger partial charge in [0.25, 0.3) is 0 Å². The van der Waals surface area contributed by atoms with Crippen LogP contribution in [0.15, 0.2) is 54.9 Å². The number of carbonyl (C=O) groups is 1. The molecule has 0 unspecified atom stereocenters. The summed E-state index contributed by atoms with van der Waals surface area (Å²) in [7, 11) is 0. The fourth-order valence-corrected chi connectivity index (χ4v) is 2.83. The summed E-state index contributed by atoms with van der Waals surface area (Å²) in [6.45, 7) is 2.74. The summed E-state index contributed by atoms with van der Waals surface area (Å²) in [6.07, 6.45) is 8.85. The molecule has 2 heterocycles. The first-order valence-electron chi connectivity index (χ1n) is 8.02. The van der Waals surface area contributed by atoms with Gasteiger partial charge in [0.1, 0.15) is 0 Å². The fourth-order valence-electron chi connectivity index (χ4n) is 2.83. The Labute approximate surface area is 136 Å². The molecule has 0 saturated heterocycles. The van der Waals surface area contributed by atoms with Gasteiger partial charge in [0.2, 0.25) is 5.91 Å². The van der Waals surface area contributed by atoms with Gasteiger partial charge < -0.3 is 10.2 Å². The lowest BCUT2D eigenvalue weighted by Crippen LogP contribution is -2.28. The van der Waals surface area contributed by atoms with Crippen molar-refractivity contribution >= 4 is 17.7 Å². The number of hydrogen-bond donors (Lipinski definition) is 1. The minimum atomic E-state index is -0.0596. The molecule has 4 nitrogen and oxygen atoms in total. The lowest BCUT2D eigenvalue weighted by molar-refractivity contribution is -0.116. The van der Waals surface area contributed by atoms with Crippen LogP contribution < -0.4 is 10.2 Å². The van der Waals surface area contributed by atoms with Crippen LogP contribution in [0, 0.1) is 0 Å². The van der Waals surface area contributed by atoms with E-state index in [4.69, 9.17) is 0 Å². The van der Waals surface area contributed by atoms with Gasteiger partial charge >= 0.3 is 0 Å². The van der Waals surface area contributed by atoms with Gasteiger partial charge in [-0.05, 0) is 42.2 Å². The van der Waals surface area contributed by atoms with Crippen LogP contribution in [0.25, 0.3) is 6.08 Å². The van der Waals surface area contributed by atoms with Crippen molar-refractivity contribution in [1.29, 1.82) is 0 Å². The van der Waals surface area contributed by atoms with Gasteiger partial charge in [0, 0.05) is 43.8 Å². The minimum Gasteiger partial charge on any atom is -0.371 e. The number of carbonyl (C=O) groups excluding carboxylic acids is 1. The molecule has 1 N–H and O–H groups in total. The fraction of sp³-hybridized carbons (Fsp3) is 0.263. The zero-order chi connectivity index (χ0) is 15.9. The number of nitrogens with one attached hydrogen (secondary N) is 1. The third kappa shape index (κ3) is 4.19. The summed E-state index contributed by atoms with van der Waals surface area (Å²) in [5, 5.41) is 2.93. The Bertz CT molecular complexity index is 682. The molecule has 0 spiro atoms. The molecule has 118 valence electrons. The molecule has 0 aliphatic carbocycles. The molecule has 0 bridgehead atoms. The Hall–Kier alpha value is -2.62. The van der Waals surface area contributed by atoms with Crippen molar-refractivity contribution in [1.82, 2.24) is 10.3 Å². The molecule has 0 saturated carbocycles. The number of rotatable bonds is 6. The van der Waals surface area contributed by atoms with Crippen molar-refractivity contribution in [2.75, 3.05) is 24.5 Å². The van der Waals surface area contributed by atoms with Crippen LogP contribution in [0.5, 0.6) is 0 Å². The van der Waals surface area contributed by atoms with E-state index in [1.54, 1.807) is 24.5 Å². The molecule has 1 aliphatic rings. The van der Waals surface area contributed by atoms with Crippen molar-refractivity contribution in [3.8, 4) is 0 Å². The SMILES string of the molecule is O=C(C=Cc1cccnc1)NCCCN1CCc2ccccc21. The second-order valence-electron chi connectivity index (χ2n) is 5.63. The Morgan fingerprint density at radius 3 is 3.04 bits per heavy atom. The smallest absolute Gasteiger partial charge is 0.244 e. The monoisotopic (exact) mass is 307 g/mol. The molecule has 0 atom stereocenters. The van der Waals surface area contributed by atoms with E-state index < -0.39 is 0 Å². The molecule has 4 heteroatoms. The summed E-state index contributed by atoms with van der Waals surface area (Å²) in [5.74, 6) is -0.0596. The summed E-state index contributed by atoms with van der Waals surface area (Å²) in [4.78, 5) is 18.2. The first-order valence-corrected chi connectivity index (χ1v) is 8.02. The van der Waals surface area contributed by atoms with Gasteiger partial charge in [0.05, 0.1) is 0 Å². The second-order valence-corrected chi connectivity index (χ2v) is 5.63. The summed E-state index contributed by atoms with van der Waals surface area (Å²) in [6, 6.07) is 12.3. The maximum absolute atomic E-state index is 11.8. The van der Waals surface area contributed by atoms with E-state index in [2.05, 4.69) is 39.5 Å². The normalized spacial score (nSPS) is 13.3. The standard InChI is InChI=1S/C19H21N3O/c23-19(9-8-16-5-3-11-20-15-16)21-12-4-13-22-14-10-17-6-1-2-7-18(17)22/h1-3,5-9,11,15H,4,10,12-14H2,(H,21,23). The van der Waals surface area contributed by atoms with Crippen LogP contribution in [0.2, 0.25) is 0 Å². The number of fused-ring (bicyclic) bond motifs is 1. The lowest BCUT2D eigenvalue weighted by Gasteiger charge is -2.19. The van der Waals surface area contributed by atoms with Gasteiger partial charge in [-0.15, -0.1) is 0 Å². The molecule has 3 rings (SSSR count). The van der Waals surface area contributed by atoms with Gasteiger partial charge in [-0.2, -0.15) is 0 Å². The Kier molecular flexibility index (Phi) is 5.04. The third-order valence-electron chi connectivity index (χ3n) is 4.00. The van der Waals surface area contributed by atoms with Crippen molar-refractivity contribution in [3.63, 3.8) is 0 Å². The topological polar surface area (TPSA) is 45.2 Å². The summed E-state index contributed by atoms with van der Waals surface area (Å²) >= 11 is 0. The third-order valence-corrected chi connectivity index (χ3v) is 4.00. The molecule has 0 fully saturated rings. The Morgan fingerprint density at radius 1 is 1.26 bits per heavy atom. The number of benzene rings is 1. The van der Waals surface area contributed by atoms with Crippen LogP contribution in [-0.2, 0) is 11.2 Å². The van der Waals surface area contributed by atoms with E-state index in [0.717, 1.165) is 31.5 Å². The number of nitrogens with zero attached hydrogens (tertiary/aromatic N) is 2. The zero-order valence-electron chi connectivity index (χ0n) is 13.1. The van der Waals surface area contributed by atoms with Crippen molar-refractivity contribution < 1.29 is 4.79 Å². The van der Waals surface area contributed by atoms with Gasteiger partial charge in [-0.3, -0.25) is 9.78 Å². The van der Waals surface area contributed by atoms with Crippen molar-refractivity contribution in [2.45, 2.75) is 12.8 Å². The molecule has 1 aromatic heterocycles. The number of amides is 1. The highest BCUT2D eigenvalue weighted by atomic mass is 16.1. The highest BCUT2D eigenvalue weighted by molar-refractivity contribution is 5.91. The second kappa shape index (κ2) is 7.58. The average Bonchev–Trinajstić information content (AvgIpc) is 3.01. The lowest BCUT2D eigenvalue weighted by atomic mass is 10.2. The predicted molar refractivity (Wildman–Crippen MR) is 93.3 cm³/mol. The molecular formula is C19H21N3O. The summed E-state index contributed by atoms with van der Waals surface area (Å²) < 4.78 is 0. The Balaban J connectivity index is 1.39. The molecule has 2 aromatic rings. The van der Waals surface area contributed by atoms with Gasteiger partial charge in [-0.25, -0.2) is 0 Å². The molecule has 23 heavy (non-hydrogen) atoms. The summed E-state index contributed by atoms with van der Waals surface area (Å²) in [5.41, 5.74) is 3.70. The first-order chi connectivity index (χ1) is 11.3. The number of aromatic nitrogens is 1. The van der Waals surface area contributed by atoms with Crippen molar-refractivity contribution in [3.05, 3.63) is 66.0 Å². The molecule has 1 aromatic carbocycles. The van der Waals surface area contributed by atoms with Crippen LogP contribution >= 0.6 is 0 Å².